The standard InChI is InChI=1S/C19H21BrN2O3/c20-15-6-4-14-10-17(7-5-13(14)9-15)25-12-19(24)22-8-2-1-3-16(22)11-18(21)23/h4-7,9-10,16H,1-3,8,11-12H2,(H2,21,23). The average molecular weight is 405 g/mol. The number of ether oxygens (including phenoxy) is 1. The second-order valence-corrected chi connectivity index (χ2v) is 7.26. The first kappa shape index (κ1) is 17.7. The van der Waals surface area contributed by atoms with Gasteiger partial charge in [0.2, 0.25) is 5.91 Å². The van der Waals surface area contributed by atoms with Crippen LogP contribution in [0.1, 0.15) is 25.7 Å². The predicted molar refractivity (Wildman–Crippen MR) is 100 cm³/mol. The summed E-state index contributed by atoms with van der Waals surface area (Å²) in [7, 11) is 0. The summed E-state index contributed by atoms with van der Waals surface area (Å²) >= 11 is 3.45. The Kier molecular flexibility index (Phi) is 5.58. The molecule has 2 amide bonds. The zero-order valence-corrected chi connectivity index (χ0v) is 15.5. The third-order valence-corrected chi connectivity index (χ3v) is 5.01. The molecule has 5 nitrogen and oxygen atoms in total. The molecule has 0 spiro atoms. The fourth-order valence-electron chi connectivity index (χ4n) is 3.29. The summed E-state index contributed by atoms with van der Waals surface area (Å²) in [6, 6.07) is 11.7. The molecule has 2 aromatic carbocycles. The van der Waals surface area contributed by atoms with Crippen LogP contribution < -0.4 is 10.5 Å². The second kappa shape index (κ2) is 7.87. The van der Waals surface area contributed by atoms with E-state index in [0.29, 0.717) is 12.3 Å². The number of carbonyl (C=O) groups is 2. The third-order valence-electron chi connectivity index (χ3n) is 4.52. The maximum Gasteiger partial charge on any atom is 0.260 e. The molecule has 0 radical (unpaired) electrons. The molecule has 1 unspecified atom stereocenters. The summed E-state index contributed by atoms with van der Waals surface area (Å²) < 4.78 is 6.72. The van der Waals surface area contributed by atoms with Gasteiger partial charge in [0.1, 0.15) is 5.75 Å². The lowest BCUT2D eigenvalue weighted by atomic mass is 9.99. The van der Waals surface area contributed by atoms with E-state index in [-0.39, 0.29) is 30.9 Å². The van der Waals surface area contributed by atoms with E-state index >= 15 is 0 Å². The molecule has 1 aliphatic heterocycles. The molecule has 1 fully saturated rings. The van der Waals surface area contributed by atoms with E-state index in [1.54, 1.807) is 4.90 Å². The Morgan fingerprint density at radius 3 is 2.72 bits per heavy atom. The van der Waals surface area contributed by atoms with Crippen LogP contribution in [0.4, 0.5) is 0 Å². The first-order chi connectivity index (χ1) is 12.0. The molecule has 2 N–H and O–H groups in total. The number of rotatable bonds is 5. The Morgan fingerprint density at radius 2 is 1.92 bits per heavy atom. The van der Waals surface area contributed by atoms with E-state index in [2.05, 4.69) is 15.9 Å². The minimum absolute atomic E-state index is 0.0305. The normalized spacial score (nSPS) is 17.5. The fraction of sp³-hybridized carbons (Fsp3) is 0.368. The molecular formula is C19H21BrN2O3. The topological polar surface area (TPSA) is 72.6 Å². The van der Waals surface area contributed by atoms with E-state index in [0.717, 1.165) is 34.5 Å². The average Bonchev–Trinajstić information content (AvgIpc) is 2.59. The van der Waals surface area contributed by atoms with Gasteiger partial charge in [0, 0.05) is 23.5 Å². The van der Waals surface area contributed by atoms with Crippen molar-refractivity contribution in [3.05, 3.63) is 40.9 Å². The van der Waals surface area contributed by atoms with Gasteiger partial charge >= 0.3 is 0 Å². The maximum absolute atomic E-state index is 12.5. The van der Waals surface area contributed by atoms with Gasteiger partial charge in [-0.15, -0.1) is 0 Å². The molecule has 25 heavy (non-hydrogen) atoms. The molecule has 3 rings (SSSR count). The van der Waals surface area contributed by atoms with E-state index in [1.807, 2.05) is 36.4 Å². The van der Waals surface area contributed by atoms with Gasteiger partial charge in [0.05, 0.1) is 0 Å². The molecule has 0 aliphatic carbocycles. The van der Waals surface area contributed by atoms with Crippen molar-refractivity contribution < 1.29 is 14.3 Å². The highest BCUT2D eigenvalue weighted by atomic mass is 79.9. The summed E-state index contributed by atoms with van der Waals surface area (Å²) in [4.78, 5) is 25.5. The number of nitrogens with two attached hydrogens (primary N) is 1. The van der Waals surface area contributed by atoms with Crippen molar-refractivity contribution in [2.75, 3.05) is 13.2 Å². The zero-order chi connectivity index (χ0) is 17.8. The molecule has 1 heterocycles. The predicted octanol–water partition coefficient (Wildman–Crippen LogP) is 3.24. The van der Waals surface area contributed by atoms with E-state index in [4.69, 9.17) is 10.5 Å². The van der Waals surface area contributed by atoms with Crippen molar-refractivity contribution in [2.45, 2.75) is 31.7 Å². The number of likely N-dealkylation sites (tertiary alicyclic amines) is 1. The minimum Gasteiger partial charge on any atom is -0.484 e. The number of benzene rings is 2. The lowest BCUT2D eigenvalue weighted by Gasteiger charge is -2.35. The van der Waals surface area contributed by atoms with Crippen molar-refractivity contribution in [3.63, 3.8) is 0 Å². The largest absolute Gasteiger partial charge is 0.484 e. The molecule has 6 heteroatoms. The van der Waals surface area contributed by atoms with Crippen LogP contribution in [0.3, 0.4) is 0 Å². The number of amides is 2. The number of primary amides is 1. The van der Waals surface area contributed by atoms with E-state index in [9.17, 15) is 9.59 Å². The number of nitrogens with zero attached hydrogens (tertiary/aromatic N) is 1. The number of hydrogen-bond acceptors (Lipinski definition) is 3. The molecule has 1 atom stereocenters. The lowest BCUT2D eigenvalue weighted by Crippen LogP contribution is -2.47. The summed E-state index contributed by atoms with van der Waals surface area (Å²) in [5.74, 6) is 0.194. The molecule has 1 aliphatic rings. The van der Waals surface area contributed by atoms with E-state index < -0.39 is 0 Å². The smallest absolute Gasteiger partial charge is 0.260 e. The summed E-state index contributed by atoms with van der Waals surface area (Å²) in [6.45, 7) is 0.628. The maximum atomic E-state index is 12.5. The first-order valence-electron chi connectivity index (χ1n) is 8.43. The highest BCUT2D eigenvalue weighted by Gasteiger charge is 2.28. The highest BCUT2D eigenvalue weighted by molar-refractivity contribution is 9.10. The highest BCUT2D eigenvalue weighted by Crippen LogP contribution is 2.25. The zero-order valence-electron chi connectivity index (χ0n) is 13.9. The fourth-order valence-corrected chi connectivity index (χ4v) is 3.66. The van der Waals surface area contributed by atoms with Crippen LogP contribution in [-0.2, 0) is 9.59 Å². The van der Waals surface area contributed by atoms with Gasteiger partial charge in [-0.1, -0.05) is 28.1 Å². The van der Waals surface area contributed by atoms with Crippen molar-refractivity contribution in [2.24, 2.45) is 5.73 Å². The second-order valence-electron chi connectivity index (χ2n) is 6.35. The summed E-state index contributed by atoms with van der Waals surface area (Å²) in [6.07, 6.45) is 3.00. The number of fused-ring (bicyclic) bond motifs is 1. The van der Waals surface area contributed by atoms with Crippen LogP contribution in [0.25, 0.3) is 10.8 Å². The quantitative estimate of drug-likeness (QED) is 0.830. The Labute approximate surface area is 155 Å². The minimum atomic E-state index is -0.369. The van der Waals surface area contributed by atoms with Crippen molar-refractivity contribution in [1.29, 1.82) is 0 Å². The van der Waals surface area contributed by atoms with Crippen LogP contribution in [0, 0.1) is 0 Å². The van der Waals surface area contributed by atoms with Crippen molar-refractivity contribution in [3.8, 4) is 5.75 Å². The molecular weight excluding hydrogens is 384 g/mol. The number of halogens is 1. The monoisotopic (exact) mass is 404 g/mol. The van der Waals surface area contributed by atoms with E-state index in [1.165, 1.54) is 0 Å². The lowest BCUT2D eigenvalue weighted by molar-refractivity contribution is -0.138. The number of carbonyl (C=O) groups excluding carboxylic acids is 2. The van der Waals surface area contributed by atoms with Gasteiger partial charge in [0.25, 0.3) is 5.91 Å². The van der Waals surface area contributed by atoms with Crippen molar-refractivity contribution in [1.82, 2.24) is 4.90 Å². The Bertz CT molecular complexity index is 793. The first-order valence-corrected chi connectivity index (χ1v) is 9.22. The molecule has 1 saturated heterocycles. The Hall–Kier alpha value is -2.08. The van der Waals surface area contributed by atoms with Crippen LogP contribution in [0.5, 0.6) is 5.75 Å². The summed E-state index contributed by atoms with van der Waals surface area (Å²) in [5, 5.41) is 2.16. The molecule has 132 valence electrons. The molecule has 2 aromatic rings. The SMILES string of the molecule is NC(=O)CC1CCCCN1C(=O)COc1ccc2cc(Br)ccc2c1. The number of hydrogen-bond donors (Lipinski definition) is 1. The van der Waals surface area contributed by atoms with Gasteiger partial charge < -0.3 is 15.4 Å². The van der Waals surface area contributed by atoms with Crippen molar-refractivity contribution >= 4 is 38.5 Å². The van der Waals surface area contributed by atoms with Gasteiger partial charge in [-0.25, -0.2) is 0 Å². The molecule has 0 bridgehead atoms. The third kappa shape index (κ3) is 4.51. The van der Waals surface area contributed by atoms with Gasteiger partial charge in [0.15, 0.2) is 6.61 Å². The van der Waals surface area contributed by atoms with Crippen LogP contribution in [0.15, 0.2) is 40.9 Å². The van der Waals surface area contributed by atoms with Gasteiger partial charge in [-0.3, -0.25) is 9.59 Å². The van der Waals surface area contributed by atoms with Crippen LogP contribution in [-0.4, -0.2) is 35.9 Å². The molecule has 0 saturated carbocycles. The Balaban J connectivity index is 1.64. The van der Waals surface area contributed by atoms with Gasteiger partial charge in [-0.05, 0) is 54.3 Å². The molecule has 0 aromatic heterocycles. The van der Waals surface area contributed by atoms with Crippen LogP contribution >= 0.6 is 15.9 Å². The number of piperidine rings is 1. The Morgan fingerprint density at radius 1 is 1.16 bits per heavy atom. The van der Waals surface area contributed by atoms with Crippen LogP contribution in [0.2, 0.25) is 0 Å². The summed E-state index contributed by atoms with van der Waals surface area (Å²) in [5.41, 5.74) is 5.30. The van der Waals surface area contributed by atoms with Gasteiger partial charge in [-0.2, -0.15) is 0 Å².